The molecule has 0 aromatic carbocycles. The van der Waals surface area contributed by atoms with Crippen LogP contribution in [-0.2, 0) is 13.0 Å². The molecule has 0 unspecified atom stereocenters. The first-order chi connectivity index (χ1) is 11.6. The highest BCUT2D eigenvalue weighted by atomic mass is 16.2. The second-order valence-corrected chi connectivity index (χ2v) is 7.30. The number of fused-ring (bicyclic) bond motifs is 1. The molecule has 0 bridgehead atoms. The highest BCUT2D eigenvalue weighted by Gasteiger charge is 2.30. The molecule has 6 heteroatoms. The van der Waals surface area contributed by atoms with Crippen molar-refractivity contribution in [3.05, 3.63) is 17.2 Å². The van der Waals surface area contributed by atoms with Crippen LogP contribution in [0.2, 0.25) is 0 Å². The summed E-state index contributed by atoms with van der Waals surface area (Å²) < 4.78 is 1.99. The zero-order chi connectivity index (χ0) is 17.1. The van der Waals surface area contributed by atoms with Crippen molar-refractivity contribution in [3.63, 3.8) is 0 Å². The molecule has 3 rings (SSSR count). The summed E-state index contributed by atoms with van der Waals surface area (Å²) >= 11 is 0. The van der Waals surface area contributed by atoms with Crippen LogP contribution >= 0.6 is 0 Å². The average molecular weight is 332 g/mol. The van der Waals surface area contributed by atoms with Crippen LogP contribution in [0.4, 0.5) is 0 Å². The minimum absolute atomic E-state index is 0.0132. The molecule has 0 radical (unpaired) electrons. The molecule has 3 heterocycles. The molecule has 2 aliphatic rings. The Morgan fingerprint density at radius 3 is 2.50 bits per heavy atom. The second kappa shape index (κ2) is 7.36. The maximum Gasteiger partial charge on any atom is 0.289 e. The topological polar surface area (TPSA) is 67.2 Å². The minimum Gasteiger partial charge on any atom is -0.350 e. The first-order valence-electron chi connectivity index (χ1n) is 9.25. The van der Waals surface area contributed by atoms with Gasteiger partial charge in [-0.2, -0.15) is 0 Å². The van der Waals surface area contributed by atoms with Gasteiger partial charge in [-0.05, 0) is 44.4 Å². The first-order valence-corrected chi connectivity index (χ1v) is 9.25. The van der Waals surface area contributed by atoms with Crippen molar-refractivity contribution >= 4 is 11.8 Å². The summed E-state index contributed by atoms with van der Waals surface area (Å²) in [6.07, 6.45) is 6.21. The lowest BCUT2D eigenvalue weighted by Gasteiger charge is -2.27. The molecule has 2 aliphatic heterocycles. The number of aromatic nitrogens is 2. The van der Waals surface area contributed by atoms with Crippen LogP contribution in [-0.4, -0.2) is 45.9 Å². The van der Waals surface area contributed by atoms with Crippen molar-refractivity contribution in [2.24, 2.45) is 5.92 Å². The summed E-state index contributed by atoms with van der Waals surface area (Å²) in [5.41, 5.74) is 1.39. The molecule has 24 heavy (non-hydrogen) atoms. The Labute approximate surface area is 143 Å². The summed E-state index contributed by atoms with van der Waals surface area (Å²) in [5, 5.41) is 2.94. The van der Waals surface area contributed by atoms with Gasteiger partial charge in [-0.15, -0.1) is 0 Å². The number of nitrogens with one attached hydrogen (secondary N) is 1. The van der Waals surface area contributed by atoms with Gasteiger partial charge in [0.15, 0.2) is 5.82 Å². The van der Waals surface area contributed by atoms with Crippen molar-refractivity contribution in [3.8, 4) is 0 Å². The van der Waals surface area contributed by atoms with E-state index in [2.05, 4.69) is 24.1 Å². The normalized spacial score (nSPS) is 17.7. The van der Waals surface area contributed by atoms with E-state index in [1.165, 1.54) is 6.42 Å². The summed E-state index contributed by atoms with van der Waals surface area (Å²) in [5.74, 6) is 0.691. The van der Waals surface area contributed by atoms with E-state index in [4.69, 9.17) is 0 Å². The zero-order valence-electron chi connectivity index (χ0n) is 14.8. The lowest BCUT2D eigenvalue weighted by atomic mass is 10.1. The summed E-state index contributed by atoms with van der Waals surface area (Å²) in [7, 11) is 0. The zero-order valence-corrected chi connectivity index (χ0v) is 14.8. The predicted octanol–water partition coefficient (Wildman–Crippen LogP) is 2.23. The third-order valence-corrected chi connectivity index (χ3v) is 4.84. The maximum atomic E-state index is 12.9. The SMILES string of the molecule is CC(C)CNC(=O)c1nc(C(=O)N2CCCCC2)n2c1CCCC2. The van der Waals surface area contributed by atoms with E-state index in [-0.39, 0.29) is 11.8 Å². The van der Waals surface area contributed by atoms with Crippen molar-refractivity contribution in [1.82, 2.24) is 19.8 Å². The number of rotatable bonds is 4. The Morgan fingerprint density at radius 2 is 1.79 bits per heavy atom. The number of piperidine rings is 1. The third kappa shape index (κ3) is 3.47. The van der Waals surface area contributed by atoms with Gasteiger partial charge in [-0.1, -0.05) is 13.8 Å². The lowest BCUT2D eigenvalue weighted by molar-refractivity contribution is 0.0705. The molecule has 6 nitrogen and oxygen atoms in total. The van der Waals surface area contributed by atoms with Gasteiger partial charge in [-0.25, -0.2) is 4.98 Å². The van der Waals surface area contributed by atoms with Gasteiger partial charge in [0.2, 0.25) is 0 Å². The van der Waals surface area contributed by atoms with Gasteiger partial charge >= 0.3 is 0 Å². The Balaban J connectivity index is 1.86. The number of nitrogens with zero attached hydrogens (tertiary/aromatic N) is 3. The van der Waals surface area contributed by atoms with Gasteiger partial charge in [0, 0.05) is 26.2 Å². The summed E-state index contributed by atoms with van der Waals surface area (Å²) in [6.45, 7) is 7.14. The minimum atomic E-state index is -0.146. The largest absolute Gasteiger partial charge is 0.350 e. The van der Waals surface area contributed by atoms with Crippen LogP contribution < -0.4 is 5.32 Å². The van der Waals surface area contributed by atoms with Crippen LogP contribution in [0.1, 0.15) is 72.8 Å². The first kappa shape index (κ1) is 17.0. The van der Waals surface area contributed by atoms with E-state index in [1.54, 1.807) is 0 Å². The van der Waals surface area contributed by atoms with Crippen molar-refractivity contribution in [2.75, 3.05) is 19.6 Å². The van der Waals surface area contributed by atoms with Gasteiger partial charge in [0.25, 0.3) is 11.8 Å². The molecule has 1 N–H and O–H groups in total. The number of hydrogen-bond donors (Lipinski definition) is 1. The maximum absolute atomic E-state index is 12.9. The molecule has 0 aliphatic carbocycles. The molecule has 1 saturated heterocycles. The molecule has 1 aromatic heterocycles. The van der Waals surface area contributed by atoms with E-state index in [0.717, 1.165) is 57.4 Å². The van der Waals surface area contributed by atoms with E-state index in [9.17, 15) is 9.59 Å². The second-order valence-electron chi connectivity index (χ2n) is 7.30. The monoisotopic (exact) mass is 332 g/mol. The fourth-order valence-corrected chi connectivity index (χ4v) is 3.51. The molecule has 0 saturated carbocycles. The van der Waals surface area contributed by atoms with Crippen LogP contribution in [0.3, 0.4) is 0 Å². The Kier molecular flexibility index (Phi) is 5.21. The smallest absolute Gasteiger partial charge is 0.289 e. The van der Waals surface area contributed by atoms with E-state index >= 15 is 0 Å². The molecule has 1 fully saturated rings. The third-order valence-electron chi connectivity index (χ3n) is 4.84. The quantitative estimate of drug-likeness (QED) is 0.919. The van der Waals surface area contributed by atoms with E-state index < -0.39 is 0 Å². The number of hydrogen-bond acceptors (Lipinski definition) is 3. The fourth-order valence-electron chi connectivity index (χ4n) is 3.51. The van der Waals surface area contributed by atoms with Crippen molar-refractivity contribution in [1.29, 1.82) is 0 Å². The van der Waals surface area contributed by atoms with Gasteiger partial charge in [0.05, 0.1) is 5.69 Å². The Bertz CT molecular complexity index is 615. The standard InChI is InChI=1S/C18H28N4O2/c1-13(2)12-19-17(23)15-14-8-4-7-11-22(14)16(20-15)18(24)21-9-5-3-6-10-21/h13H,3-12H2,1-2H3,(H,19,23). The van der Waals surface area contributed by atoms with Crippen molar-refractivity contribution in [2.45, 2.75) is 58.9 Å². The average Bonchev–Trinajstić information content (AvgIpc) is 2.99. The highest BCUT2D eigenvalue weighted by molar-refractivity contribution is 5.97. The summed E-state index contributed by atoms with van der Waals surface area (Å²) in [4.78, 5) is 31.8. The van der Waals surface area contributed by atoms with Crippen molar-refractivity contribution < 1.29 is 9.59 Å². The Morgan fingerprint density at radius 1 is 1.08 bits per heavy atom. The van der Waals surface area contributed by atoms with Crippen LogP contribution in [0.5, 0.6) is 0 Å². The van der Waals surface area contributed by atoms with Crippen LogP contribution in [0, 0.1) is 5.92 Å². The van der Waals surface area contributed by atoms with Gasteiger partial charge < -0.3 is 14.8 Å². The van der Waals surface area contributed by atoms with Gasteiger partial charge in [-0.3, -0.25) is 9.59 Å². The van der Waals surface area contributed by atoms with E-state index in [0.29, 0.717) is 24.0 Å². The van der Waals surface area contributed by atoms with Gasteiger partial charge in [0.1, 0.15) is 5.69 Å². The highest BCUT2D eigenvalue weighted by Crippen LogP contribution is 2.23. The van der Waals surface area contributed by atoms with Crippen LogP contribution in [0.25, 0.3) is 0 Å². The number of carbonyl (C=O) groups excluding carboxylic acids is 2. The van der Waals surface area contributed by atoms with Crippen LogP contribution in [0.15, 0.2) is 0 Å². The lowest BCUT2D eigenvalue weighted by Crippen LogP contribution is -2.37. The fraction of sp³-hybridized carbons (Fsp3) is 0.722. The van der Waals surface area contributed by atoms with E-state index in [1.807, 2.05) is 9.47 Å². The molecule has 1 aromatic rings. The predicted molar refractivity (Wildman–Crippen MR) is 92.1 cm³/mol. The molecular formula is C18H28N4O2. The molecular weight excluding hydrogens is 304 g/mol. The number of carbonyl (C=O) groups is 2. The number of amides is 2. The molecule has 0 spiro atoms. The number of imidazole rings is 1. The molecule has 2 amide bonds. The number of likely N-dealkylation sites (tertiary alicyclic amines) is 1. The summed E-state index contributed by atoms with van der Waals surface area (Å²) in [6, 6.07) is 0. The molecule has 132 valence electrons. The Hall–Kier alpha value is -1.85. The molecule has 0 atom stereocenters.